The lowest BCUT2D eigenvalue weighted by atomic mass is 10.3. The zero-order valence-electron chi connectivity index (χ0n) is 7.03. The van der Waals surface area contributed by atoms with Gasteiger partial charge in [-0.25, -0.2) is 0 Å². The maximum absolute atomic E-state index is 9.80. The Morgan fingerprint density at radius 3 is 2.73 bits per heavy atom. The van der Waals surface area contributed by atoms with Crippen molar-refractivity contribution in [2.45, 2.75) is 26.3 Å². The van der Waals surface area contributed by atoms with Crippen LogP contribution in [0.15, 0.2) is 9.98 Å². The van der Waals surface area contributed by atoms with Crippen molar-refractivity contribution in [3.63, 3.8) is 0 Å². The van der Waals surface area contributed by atoms with Crippen LogP contribution < -0.4 is 0 Å². The Bertz CT molecular complexity index is 152. The number of aldehydes is 1. The van der Waals surface area contributed by atoms with E-state index in [4.69, 9.17) is 0 Å². The fourth-order valence-corrected chi connectivity index (χ4v) is 0.442. The number of hydrogen-bond acceptors (Lipinski definition) is 3. The quantitative estimate of drug-likeness (QED) is 0.432. The predicted octanol–water partition coefficient (Wildman–Crippen LogP) is 1.13. The number of nitrogens with zero attached hydrogens (tertiary/aromatic N) is 2. The topological polar surface area (TPSA) is 41.8 Å². The van der Waals surface area contributed by atoms with Crippen LogP contribution >= 0.6 is 0 Å². The van der Waals surface area contributed by atoms with Gasteiger partial charge in [-0.1, -0.05) is 6.92 Å². The van der Waals surface area contributed by atoms with Gasteiger partial charge in [-0.3, -0.25) is 9.98 Å². The molecule has 1 unspecified atom stereocenters. The van der Waals surface area contributed by atoms with Gasteiger partial charge in [0, 0.05) is 18.5 Å². The molecule has 1 atom stereocenters. The molecule has 0 aromatic heterocycles. The second kappa shape index (κ2) is 7.12. The second-order valence-electron chi connectivity index (χ2n) is 2.24. The van der Waals surface area contributed by atoms with Crippen LogP contribution in [-0.4, -0.2) is 31.3 Å². The van der Waals surface area contributed by atoms with Gasteiger partial charge in [0.05, 0.1) is 6.54 Å². The number of rotatable bonds is 5. The molecule has 0 rings (SSSR count). The Labute approximate surface area is 67.2 Å². The molecule has 0 radical (unpaired) electrons. The Kier molecular flexibility index (Phi) is 6.48. The first-order valence-corrected chi connectivity index (χ1v) is 3.76. The monoisotopic (exact) mass is 154 g/mol. The standard InChI is InChI=1S/C8H14N2O/c1-3-8(2)10-5-4-9-6-7-11/h4-5,7-8H,3,6H2,1-2H3. The summed E-state index contributed by atoms with van der Waals surface area (Å²) in [5, 5.41) is 0. The summed E-state index contributed by atoms with van der Waals surface area (Å²) >= 11 is 0. The normalized spacial score (nSPS) is 14.4. The first-order chi connectivity index (χ1) is 5.31. The molecule has 0 aliphatic rings. The number of carbonyl (C=O) groups excluding carboxylic acids is 1. The van der Waals surface area contributed by atoms with Gasteiger partial charge in [0.15, 0.2) is 0 Å². The molecule has 11 heavy (non-hydrogen) atoms. The molecular formula is C8H14N2O. The smallest absolute Gasteiger partial charge is 0.141 e. The molecular weight excluding hydrogens is 140 g/mol. The zero-order valence-corrected chi connectivity index (χ0v) is 7.03. The molecule has 0 aromatic rings. The van der Waals surface area contributed by atoms with E-state index >= 15 is 0 Å². The fraction of sp³-hybridized carbons (Fsp3) is 0.625. The van der Waals surface area contributed by atoms with Crippen LogP contribution in [0, 0.1) is 0 Å². The maximum atomic E-state index is 9.80. The Morgan fingerprint density at radius 1 is 1.45 bits per heavy atom. The third-order valence-electron chi connectivity index (χ3n) is 1.28. The Hall–Kier alpha value is -0.990. The van der Waals surface area contributed by atoms with Crippen LogP contribution in [0.3, 0.4) is 0 Å². The number of carbonyl (C=O) groups is 1. The van der Waals surface area contributed by atoms with E-state index in [1.54, 1.807) is 12.4 Å². The summed E-state index contributed by atoms with van der Waals surface area (Å²) in [6.45, 7) is 4.33. The van der Waals surface area contributed by atoms with Crippen LogP contribution in [0.4, 0.5) is 0 Å². The molecule has 0 aromatic carbocycles. The molecule has 0 saturated heterocycles. The van der Waals surface area contributed by atoms with Crippen molar-refractivity contribution in [3.8, 4) is 0 Å². The molecule has 3 heteroatoms. The van der Waals surface area contributed by atoms with Gasteiger partial charge in [0.2, 0.25) is 0 Å². The first-order valence-electron chi connectivity index (χ1n) is 3.76. The Balaban J connectivity index is 3.49. The van der Waals surface area contributed by atoms with Crippen LogP contribution in [0.1, 0.15) is 20.3 Å². The molecule has 0 aliphatic heterocycles. The summed E-state index contributed by atoms with van der Waals surface area (Å²) in [4.78, 5) is 17.7. The van der Waals surface area contributed by atoms with Crippen molar-refractivity contribution in [2.24, 2.45) is 9.98 Å². The fourth-order valence-electron chi connectivity index (χ4n) is 0.442. The number of hydrogen-bond donors (Lipinski definition) is 0. The van der Waals surface area contributed by atoms with Gasteiger partial charge in [-0.05, 0) is 13.3 Å². The molecule has 0 N–H and O–H groups in total. The van der Waals surface area contributed by atoms with Gasteiger partial charge in [-0.15, -0.1) is 0 Å². The minimum atomic E-state index is 0.229. The van der Waals surface area contributed by atoms with E-state index in [-0.39, 0.29) is 6.54 Å². The van der Waals surface area contributed by atoms with Crippen LogP contribution in [0.5, 0.6) is 0 Å². The minimum absolute atomic E-state index is 0.229. The predicted molar refractivity (Wildman–Crippen MR) is 47.7 cm³/mol. The van der Waals surface area contributed by atoms with Gasteiger partial charge in [-0.2, -0.15) is 0 Å². The lowest BCUT2D eigenvalue weighted by molar-refractivity contribution is -0.106. The molecule has 3 nitrogen and oxygen atoms in total. The highest BCUT2D eigenvalue weighted by atomic mass is 16.1. The van der Waals surface area contributed by atoms with E-state index in [2.05, 4.69) is 16.9 Å². The van der Waals surface area contributed by atoms with Crippen molar-refractivity contribution in [1.82, 2.24) is 0 Å². The summed E-state index contributed by atoms with van der Waals surface area (Å²) in [5.41, 5.74) is 0. The molecule has 0 spiro atoms. The van der Waals surface area contributed by atoms with Crippen LogP contribution in [0.25, 0.3) is 0 Å². The molecule has 0 heterocycles. The molecule has 62 valence electrons. The molecule has 0 aliphatic carbocycles. The maximum Gasteiger partial charge on any atom is 0.141 e. The molecule has 0 saturated carbocycles. The van der Waals surface area contributed by atoms with Gasteiger partial charge in [0.25, 0.3) is 0 Å². The van der Waals surface area contributed by atoms with Crippen molar-refractivity contribution >= 4 is 18.7 Å². The largest absolute Gasteiger partial charge is 0.301 e. The lowest BCUT2D eigenvalue weighted by Crippen LogP contribution is -1.95. The van der Waals surface area contributed by atoms with Crippen molar-refractivity contribution in [3.05, 3.63) is 0 Å². The van der Waals surface area contributed by atoms with E-state index in [1.165, 1.54) is 0 Å². The first kappa shape index (κ1) is 10.0. The third-order valence-corrected chi connectivity index (χ3v) is 1.28. The second-order valence-corrected chi connectivity index (χ2v) is 2.24. The Morgan fingerprint density at radius 2 is 2.18 bits per heavy atom. The van der Waals surface area contributed by atoms with E-state index in [0.29, 0.717) is 6.04 Å². The summed E-state index contributed by atoms with van der Waals surface area (Å²) in [7, 11) is 0. The summed E-state index contributed by atoms with van der Waals surface area (Å²) in [5.74, 6) is 0. The summed E-state index contributed by atoms with van der Waals surface area (Å²) < 4.78 is 0. The molecule has 0 bridgehead atoms. The highest BCUT2D eigenvalue weighted by Crippen LogP contribution is 1.91. The van der Waals surface area contributed by atoms with E-state index in [9.17, 15) is 4.79 Å². The van der Waals surface area contributed by atoms with Crippen LogP contribution in [0.2, 0.25) is 0 Å². The van der Waals surface area contributed by atoms with E-state index in [0.717, 1.165) is 12.7 Å². The molecule has 0 fully saturated rings. The summed E-state index contributed by atoms with van der Waals surface area (Å²) in [6.07, 6.45) is 4.98. The lowest BCUT2D eigenvalue weighted by Gasteiger charge is -1.96. The third kappa shape index (κ3) is 6.90. The van der Waals surface area contributed by atoms with E-state index < -0.39 is 0 Å². The highest BCUT2D eigenvalue weighted by molar-refractivity contribution is 6.16. The van der Waals surface area contributed by atoms with Crippen molar-refractivity contribution in [1.29, 1.82) is 0 Å². The highest BCUT2D eigenvalue weighted by Gasteiger charge is 1.88. The van der Waals surface area contributed by atoms with Crippen molar-refractivity contribution in [2.75, 3.05) is 6.54 Å². The van der Waals surface area contributed by atoms with Gasteiger partial charge < -0.3 is 4.79 Å². The molecule has 0 amide bonds. The van der Waals surface area contributed by atoms with E-state index in [1.807, 2.05) is 6.92 Å². The minimum Gasteiger partial charge on any atom is -0.301 e. The van der Waals surface area contributed by atoms with Gasteiger partial charge in [0.1, 0.15) is 6.29 Å². The van der Waals surface area contributed by atoms with Crippen molar-refractivity contribution < 1.29 is 4.79 Å². The average Bonchev–Trinajstić information content (AvgIpc) is 2.04. The SMILES string of the molecule is CCC(C)N=CC=NCC=O. The summed E-state index contributed by atoms with van der Waals surface area (Å²) in [6, 6.07) is 0.345. The van der Waals surface area contributed by atoms with Crippen LogP contribution in [-0.2, 0) is 4.79 Å². The number of aliphatic imine (C=N–C) groups is 2. The zero-order chi connectivity index (χ0) is 8.53. The van der Waals surface area contributed by atoms with Gasteiger partial charge >= 0.3 is 0 Å². The average molecular weight is 154 g/mol.